The van der Waals surface area contributed by atoms with Gasteiger partial charge >= 0.3 is 0 Å². The molecule has 1 fully saturated rings. The number of nitrogens with zero attached hydrogens (tertiary/aromatic N) is 5. The molecule has 0 bridgehead atoms. The molecule has 3 heterocycles. The van der Waals surface area contributed by atoms with E-state index in [-0.39, 0.29) is 34.5 Å². The highest BCUT2D eigenvalue weighted by Crippen LogP contribution is 2.42. The number of H-pyrrole nitrogens is 1. The fraction of sp³-hybridized carbons (Fsp3) is 0.280. The molecule has 2 N–H and O–H groups in total. The molecule has 186 valence electrons. The molecule has 0 unspecified atom stereocenters. The van der Waals surface area contributed by atoms with Gasteiger partial charge in [0.25, 0.3) is 0 Å². The van der Waals surface area contributed by atoms with Gasteiger partial charge in [-0.25, -0.2) is 13.8 Å². The van der Waals surface area contributed by atoms with E-state index in [0.717, 1.165) is 16.5 Å². The smallest absolute Gasteiger partial charge is 0.246 e. The quantitative estimate of drug-likeness (QED) is 0.371. The number of halogens is 3. The van der Waals surface area contributed by atoms with Gasteiger partial charge in [-0.2, -0.15) is 10.1 Å². The lowest BCUT2D eigenvalue weighted by molar-refractivity contribution is -0.126. The van der Waals surface area contributed by atoms with Crippen molar-refractivity contribution in [1.82, 2.24) is 25.1 Å². The third-order valence-corrected chi connectivity index (χ3v) is 6.69. The molecule has 8 nitrogen and oxygen atoms in total. The van der Waals surface area contributed by atoms with Gasteiger partial charge in [0.1, 0.15) is 18.0 Å². The third kappa shape index (κ3) is 4.11. The zero-order chi connectivity index (χ0) is 25.4. The van der Waals surface area contributed by atoms with Crippen LogP contribution in [-0.2, 0) is 4.79 Å². The van der Waals surface area contributed by atoms with E-state index < -0.39 is 12.5 Å². The van der Waals surface area contributed by atoms with Gasteiger partial charge in [0.15, 0.2) is 5.82 Å². The number of alkyl halides is 1. The summed E-state index contributed by atoms with van der Waals surface area (Å²) in [6, 6.07) is 5.42. The van der Waals surface area contributed by atoms with Gasteiger partial charge in [-0.15, -0.1) is 0 Å². The Bertz CT molecular complexity index is 1480. The Balaban J connectivity index is 1.67. The Morgan fingerprint density at radius 3 is 2.72 bits per heavy atom. The number of piperazine rings is 1. The number of rotatable bonds is 6. The Labute approximate surface area is 211 Å². The second-order valence-corrected chi connectivity index (χ2v) is 8.94. The van der Waals surface area contributed by atoms with Crippen LogP contribution in [0.4, 0.5) is 20.5 Å². The summed E-state index contributed by atoms with van der Waals surface area (Å²) in [6.45, 7) is 6.65. The first-order valence-electron chi connectivity index (χ1n) is 11.5. The summed E-state index contributed by atoms with van der Waals surface area (Å²) in [6.07, 6.45) is 2.93. The summed E-state index contributed by atoms with van der Waals surface area (Å²) in [4.78, 5) is 24.6. The second-order valence-electron chi connectivity index (χ2n) is 8.54. The van der Waals surface area contributed by atoms with Gasteiger partial charge in [-0.05, 0) is 30.7 Å². The lowest BCUT2D eigenvalue weighted by atomic mass is 9.95. The minimum atomic E-state index is -0.630. The standard InChI is InChI=1S/C25H24ClF2N7O/c1-3-19(36)34-8-10-35(11-9-34)24-15-12-17(26)21(20-14(2)4-5-18-16(20)13-30-33-18)22(28)23(15)31-25(32-24)29-7-6-27/h3-5,12-13H,1,6-11H2,2H3,(H,30,33)(H,29,31,32). The summed E-state index contributed by atoms with van der Waals surface area (Å²) in [5, 5.41) is 11.2. The molecule has 2 aromatic heterocycles. The highest BCUT2D eigenvalue weighted by Gasteiger charge is 2.26. The topological polar surface area (TPSA) is 90.0 Å². The number of amides is 1. The first kappa shape index (κ1) is 23.9. The van der Waals surface area contributed by atoms with Crippen LogP contribution in [0.5, 0.6) is 0 Å². The predicted molar refractivity (Wildman–Crippen MR) is 138 cm³/mol. The van der Waals surface area contributed by atoms with Gasteiger partial charge in [-0.3, -0.25) is 9.89 Å². The van der Waals surface area contributed by atoms with Crippen molar-refractivity contribution in [2.45, 2.75) is 6.92 Å². The van der Waals surface area contributed by atoms with Crippen LogP contribution in [0.25, 0.3) is 32.9 Å². The first-order chi connectivity index (χ1) is 17.4. The number of carbonyl (C=O) groups is 1. The number of aromatic nitrogens is 4. The maximum Gasteiger partial charge on any atom is 0.246 e. The summed E-state index contributed by atoms with van der Waals surface area (Å²) >= 11 is 6.73. The zero-order valence-corrected chi connectivity index (χ0v) is 20.4. The van der Waals surface area contributed by atoms with Crippen molar-refractivity contribution < 1.29 is 13.6 Å². The molecule has 0 spiro atoms. The fourth-order valence-corrected chi connectivity index (χ4v) is 4.90. The van der Waals surface area contributed by atoms with Crippen LogP contribution in [0.3, 0.4) is 0 Å². The van der Waals surface area contributed by atoms with E-state index in [2.05, 4.69) is 32.1 Å². The van der Waals surface area contributed by atoms with E-state index in [1.54, 1.807) is 17.2 Å². The molecule has 0 radical (unpaired) electrons. The average molecular weight is 512 g/mol. The molecule has 2 aromatic carbocycles. The van der Waals surface area contributed by atoms with Crippen molar-refractivity contribution in [3.8, 4) is 11.1 Å². The van der Waals surface area contributed by atoms with Crippen LogP contribution < -0.4 is 10.2 Å². The van der Waals surface area contributed by atoms with E-state index >= 15 is 4.39 Å². The first-order valence-corrected chi connectivity index (χ1v) is 11.9. The molecule has 36 heavy (non-hydrogen) atoms. The normalized spacial score (nSPS) is 14.0. The van der Waals surface area contributed by atoms with Crippen molar-refractivity contribution >= 4 is 51.1 Å². The Morgan fingerprint density at radius 1 is 1.22 bits per heavy atom. The summed E-state index contributed by atoms with van der Waals surface area (Å²) in [5.41, 5.74) is 2.51. The van der Waals surface area contributed by atoms with Gasteiger partial charge in [0, 0.05) is 54.6 Å². The second kappa shape index (κ2) is 9.69. The number of fused-ring (bicyclic) bond motifs is 2. The SMILES string of the molecule is C=CC(=O)N1CCN(c2nc(NCCF)nc3c(F)c(-c4c(C)ccc5[nH]ncc45)c(Cl)cc23)CC1. The number of carbonyl (C=O) groups excluding carboxylic acids is 1. The van der Waals surface area contributed by atoms with E-state index in [4.69, 9.17) is 11.6 Å². The van der Waals surface area contributed by atoms with E-state index in [9.17, 15) is 9.18 Å². The minimum Gasteiger partial charge on any atom is -0.352 e. The zero-order valence-electron chi connectivity index (χ0n) is 19.6. The highest BCUT2D eigenvalue weighted by molar-refractivity contribution is 6.35. The summed E-state index contributed by atoms with van der Waals surface area (Å²) in [5.74, 6) is -0.153. The van der Waals surface area contributed by atoms with Crippen LogP contribution in [-0.4, -0.2) is 70.4 Å². The van der Waals surface area contributed by atoms with Crippen molar-refractivity contribution in [2.75, 3.05) is 49.6 Å². The Kier molecular flexibility index (Phi) is 6.44. The molecule has 1 saturated heterocycles. The van der Waals surface area contributed by atoms with Crippen molar-refractivity contribution in [1.29, 1.82) is 0 Å². The minimum absolute atomic E-state index is 0.0118. The molecule has 0 aliphatic carbocycles. The lowest BCUT2D eigenvalue weighted by Gasteiger charge is -2.35. The number of benzene rings is 2. The van der Waals surface area contributed by atoms with Crippen molar-refractivity contribution in [2.24, 2.45) is 0 Å². The molecule has 0 atom stereocenters. The van der Waals surface area contributed by atoms with E-state index in [0.29, 0.717) is 42.9 Å². The van der Waals surface area contributed by atoms with E-state index in [1.165, 1.54) is 6.08 Å². The van der Waals surface area contributed by atoms with Gasteiger partial charge in [0.05, 0.1) is 16.7 Å². The summed E-state index contributed by atoms with van der Waals surface area (Å²) in [7, 11) is 0. The van der Waals surface area contributed by atoms with Crippen LogP contribution in [0, 0.1) is 12.7 Å². The average Bonchev–Trinajstić information content (AvgIpc) is 3.37. The van der Waals surface area contributed by atoms with Crippen LogP contribution in [0.1, 0.15) is 5.56 Å². The van der Waals surface area contributed by atoms with Gasteiger partial charge in [0.2, 0.25) is 11.9 Å². The largest absolute Gasteiger partial charge is 0.352 e. The molecule has 1 aliphatic heterocycles. The monoisotopic (exact) mass is 511 g/mol. The van der Waals surface area contributed by atoms with Crippen molar-refractivity contribution in [3.05, 3.63) is 53.5 Å². The highest BCUT2D eigenvalue weighted by atomic mass is 35.5. The maximum atomic E-state index is 16.3. The molecule has 0 saturated carbocycles. The van der Waals surface area contributed by atoms with E-state index in [1.807, 2.05) is 24.0 Å². The number of nitrogens with one attached hydrogen (secondary N) is 2. The molecular weight excluding hydrogens is 488 g/mol. The van der Waals surface area contributed by atoms with Crippen LogP contribution >= 0.6 is 11.6 Å². The number of anilines is 2. The number of hydrogen-bond donors (Lipinski definition) is 2. The van der Waals surface area contributed by atoms with Gasteiger partial charge < -0.3 is 15.1 Å². The third-order valence-electron chi connectivity index (χ3n) is 6.39. The molecule has 1 amide bonds. The fourth-order valence-electron chi connectivity index (χ4n) is 4.61. The Morgan fingerprint density at radius 2 is 2.00 bits per heavy atom. The summed E-state index contributed by atoms with van der Waals surface area (Å²) < 4.78 is 29.2. The van der Waals surface area contributed by atoms with Crippen LogP contribution in [0.2, 0.25) is 5.02 Å². The predicted octanol–water partition coefficient (Wildman–Crippen LogP) is 4.49. The van der Waals surface area contributed by atoms with Crippen LogP contribution in [0.15, 0.2) is 37.1 Å². The molecule has 1 aliphatic rings. The van der Waals surface area contributed by atoms with Gasteiger partial charge in [-0.1, -0.05) is 24.2 Å². The van der Waals surface area contributed by atoms with Crippen molar-refractivity contribution in [3.63, 3.8) is 0 Å². The molecular formula is C25H24ClF2N7O. The molecule has 4 aromatic rings. The lowest BCUT2D eigenvalue weighted by Crippen LogP contribution is -2.48. The molecule has 11 heteroatoms. The number of hydrogen-bond acceptors (Lipinski definition) is 6. The maximum absolute atomic E-state index is 16.3. The number of aryl methyl sites for hydroxylation is 1. The number of aromatic amines is 1. The molecule has 5 rings (SSSR count). The Hall–Kier alpha value is -3.79.